The van der Waals surface area contributed by atoms with Crippen LogP contribution in [0.1, 0.15) is 35.1 Å². The van der Waals surface area contributed by atoms with Crippen LogP contribution in [0.15, 0.2) is 41.6 Å². The lowest BCUT2D eigenvalue weighted by molar-refractivity contribution is 0.0949. The summed E-state index contributed by atoms with van der Waals surface area (Å²) in [7, 11) is -3.23. The van der Waals surface area contributed by atoms with E-state index >= 15 is 0 Å². The van der Waals surface area contributed by atoms with Gasteiger partial charge in [-0.05, 0) is 25.0 Å². The van der Waals surface area contributed by atoms with Gasteiger partial charge in [0.1, 0.15) is 21.2 Å². The molecular formula is C21H21ClN6O4S. The first kappa shape index (κ1) is 21.7. The van der Waals surface area contributed by atoms with E-state index in [2.05, 4.69) is 15.3 Å². The number of rotatable bonds is 7. The minimum atomic E-state index is -3.23. The molecule has 1 N–H and O–H groups in total. The smallest absolute Gasteiger partial charge is 0.329 e. The highest BCUT2D eigenvalue weighted by atomic mass is 35.5. The maximum Gasteiger partial charge on any atom is 0.329 e. The van der Waals surface area contributed by atoms with Gasteiger partial charge in [0.05, 0.1) is 35.2 Å². The second-order valence-corrected chi connectivity index (χ2v) is 10.9. The van der Waals surface area contributed by atoms with Crippen molar-refractivity contribution in [1.29, 1.82) is 0 Å². The fourth-order valence-corrected chi connectivity index (χ4v) is 4.59. The zero-order valence-electron chi connectivity index (χ0n) is 17.7. The third kappa shape index (κ3) is 4.13. The van der Waals surface area contributed by atoms with E-state index in [-0.39, 0.29) is 36.3 Å². The van der Waals surface area contributed by atoms with Gasteiger partial charge < -0.3 is 5.32 Å². The molecule has 172 valence electrons. The predicted molar refractivity (Wildman–Crippen MR) is 124 cm³/mol. The molecule has 1 saturated carbocycles. The van der Waals surface area contributed by atoms with Crippen molar-refractivity contribution in [2.45, 2.75) is 25.4 Å². The van der Waals surface area contributed by atoms with E-state index in [4.69, 9.17) is 11.6 Å². The van der Waals surface area contributed by atoms with Crippen molar-refractivity contribution in [2.24, 2.45) is 0 Å². The van der Waals surface area contributed by atoms with Gasteiger partial charge >= 0.3 is 5.69 Å². The number of hydrogen-bond donors (Lipinski definition) is 1. The van der Waals surface area contributed by atoms with Gasteiger partial charge in [0.2, 0.25) is 0 Å². The third-order valence-electron chi connectivity index (χ3n) is 5.62. The van der Waals surface area contributed by atoms with Crippen molar-refractivity contribution in [3.8, 4) is 0 Å². The van der Waals surface area contributed by atoms with Gasteiger partial charge in [0.25, 0.3) is 5.91 Å². The monoisotopic (exact) mass is 488 g/mol. The molecule has 1 fully saturated rings. The minimum Gasteiger partial charge on any atom is -0.350 e. The Morgan fingerprint density at radius 1 is 1.27 bits per heavy atom. The van der Waals surface area contributed by atoms with E-state index in [0.717, 1.165) is 24.6 Å². The Kier molecular flexibility index (Phi) is 5.25. The van der Waals surface area contributed by atoms with Gasteiger partial charge in [-0.25, -0.2) is 18.2 Å². The van der Waals surface area contributed by atoms with Gasteiger partial charge in [0.15, 0.2) is 0 Å². The molecule has 4 aromatic heterocycles. The Morgan fingerprint density at radius 2 is 2.06 bits per heavy atom. The number of nitrogens with zero attached hydrogens (tertiary/aromatic N) is 5. The van der Waals surface area contributed by atoms with Crippen molar-refractivity contribution in [1.82, 2.24) is 28.8 Å². The zero-order valence-corrected chi connectivity index (χ0v) is 19.3. The quantitative estimate of drug-likeness (QED) is 0.422. The summed E-state index contributed by atoms with van der Waals surface area (Å²) in [5, 5.41) is 3.10. The highest BCUT2D eigenvalue weighted by Gasteiger charge is 2.30. The van der Waals surface area contributed by atoms with Crippen molar-refractivity contribution in [2.75, 3.05) is 18.6 Å². The van der Waals surface area contributed by atoms with Gasteiger partial charge in [-0.15, -0.1) is 0 Å². The molecule has 0 spiro atoms. The van der Waals surface area contributed by atoms with Crippen molar-refractivity contribution < 1.29 is 13.2 Å². The first-order chi connectivity index (χ1) is 15.7. The minimum absolute atomic E-state index is 0.0389. The van der Waals surface area contributed by atoms with Crippen LogP contribution in [0.3, 0.4) is 0 Å². The average molecular weight is 489 g/mol. The number of carbonyl (C=O) groups is 1. The Hall–Kier alpha value is -3.18. The second-order valence-electron chi connectivity index (χ2n) is 8.20. The number of aromatic nitrogens is 5. The number of carbonyl (C=O) groups excluding carboxylic acids is 1. The molecule has 4 aromatic rings. The molecule has 0 saturated heterocycles. The normalized spacial score (nSPS) is 14.2. The lowest BCUT2D eigenvalue weighted by Crippen LogP contribution is -2.31. The highest BCUT2D eigenvalue weighted by Crippen LogP contribution is 2.36. The molecule has 0 radical (unpaired) electrons. The Balaban J connectivity index is 1.59. The summed E-state index contributed by atoms with van der Waals surface area (Å²) in [5.41, 5.74) is 2.31. The molecule has 0 aliphatic heterocycles. The van der Waals surface area contributed by atoms with Gasteiger partial charge in [-0.3, -0.25) is 23.3 Å². The zero-order chi connectivity index (χ0) is 23.3. The van der Waals surface area contributed by atoms with E-state index in [1.807, 2.05) is 6.07 Å². The lowest BCUT2D eigenvalue weighted by atomic mass is 10.3. The van der Waals surface area contributed by atoms with Crippen LogP contribution in [-0.4, -0.2) is 56.4 Å². The summed E-state index contributed by atoms with van der Waals surface area (Å²) < 4.78 is 27.8. The van der Waals surface area contributed by atoms with Crippen molar-refractivity contribution >= 4 is 44.0 Å². The van der Waals surface area contributed by atoms with Gasteiger partial charge in [0, 0.05) is 42.3 Å². The van der Waals surface area contributed by atoms with Crippen LogP contribution in [0.25, 0.3) is 16.7 Å². The number of sulfone groups is 1. The molecule has 1 amide bonds. The summed E-state index contributed by atoms with van der Waals surface area (Å²) >= 11 is 6.11. The fraction of sp³-hybridized carbons (Fsp3) is 0.333. The van der Waals surface area contributed by atoms with Crippen LogP contribution in [0, 0.1) is 0 Å². The number of pyridine rings is 2. The van der Waals surface area contributed by atoms with Gasteiger partial charge in [-0.2, -0.15) is 0 Å². The second kappa shape index (κ2) is 7.99. The number of fused-ring (bicyclic) bond motifs is 2. The topological polar surface area (TPSA) is 120 Å². The molecule has 0 bridgehead atoms. The molecule has 1 aliphatic carbocycles. The van der Waals surface area contributed by atoms with E-state index in [1.165, 1.54) is 0 Å². The largest absolute Gasteiger partial charge is 0.350 e. The van der Waals surface area contributed by atoms with Crippen LogP contribution in [-0.2, 0) is 16.4 Å². The Bertz CT molecular complexity index is 1560. The van der Waals surface area contributed by atoms with Gasteiger partial charge in [-0.1, -0.05) is 11.6 Å². The molecule has 0 unspecified atom stereocenters. The highest BCUT2D eigenvalue weighted by molar-refractivity contribution is 7.90. The molecule has 0 aromatic carbocycles. The lowest BCUT2D eigenvalue weighted by Gasteiger charge is -2.08. The van der Waals surface area contributed by atoms with Crippen LogP contribution < -0.4 is 11.0 Å². The summed E-state index contributed by atoms with van der Waals surface area (Å²) in [4.78, 5) is 35.1. The standard InChI is InChI=1S/C21H21ClN6O4S/c1-33(31,32)9-7-24-20(29)19-15(25-18-10-13(22)5-8-26(18)19)12-27-17-11-23-6-4-16(17)28(21(27)30)14-2-3-14/h4-6,8,10-11,14H,2-3,7,9,12H2,1H3,(H,24,29). The van der Waals surface area contributed by atoms with E-state index in [9.17, 15) is 18.0 Å². The fourth-order valence-electron chi connectivity index (χ4n) is 3.97. The summed E-state index contributed by atoms with van der Waals surface area (Å²) in [5.74, 6) is -0.669. The Labute approximate surface area is 193 Å². The molecule has 10 nitrogen and oxygen atoms in total. The Morgan fingerprint density at radius 3 is 2.79 bits per heavy atom. The van der Waals surface area contributed by atoms with E-state index in [1.54, 1.807) is 44.3 Å². The van der Waals surface area contributed by atoms with Crippen molar-refractivity contribution in [3.63, 3.8) is 0 Å². The first-order valence-corrected chi connectivity index (χ1v) is 12.8. The maximum atomic E-state index is 13.3. The molecular weight excluding hydrogens is 468 g/mol. The SMILES string of the molecule is CS(=O)(=O)CCNC(=O)c1c(Cn2c(=O)n(C3CC3)c3ccncc32)nc2cc(Cl)ccn12. The van der Waals surface area contributed by atoms with Crippen LogP contribution in [0.2, 0.25) is 5.02 Å². The van der Waals surface area contributed by atoms with E-state index in [0.29, 0.717) is 21.9 Å². The van der Waals surface area contributed by atoms with E-state index < -0.39 is 15.7 Å². The summed E-state index contributed by atoms with van der Waals surface area (Å²) in [6.07, 6.45) is 7.91. The molecule has 12 heteroatoms. The summed E-state index contributed by atoms with van der Waals surface area (Å²) in [6.45, 7) is 0.0116. The molecule has 5 rings (SSSR count). The van der Waals surface area contributed by atoms with Crippen molar-refractivity contribution in [3.05, 3.63) is 63.7 Å². The van der Waals surface area contributed by atoms with Crippen LogP contribution >= 0.6 is 11.6 Å². The predicted octanol–water partition coefficient (Wildman–Crippen LogP) is 1.66. The third-order valence-corrected chi connectivity index (χ3v) is 6.80. The van der Waals surface area contributed by atoms with Crippen LogP contribution in [0.4, 0.5) is 0 Å². The number of hydrogen-bond acceptors (Lipinski definition) is 6. The van der Waals surface area contributed by atoms with Crippen LogP contribution in [0.5, 0.6) is 0 Å². The number of nitrogens with one attached hydrogen (secondary N) is 1. The number of imidazole rings is 2. The number of amides is 1. The maximum absolute atomic E-state index is 13.3. The molecule has 33 heavy (non-hydrogen) atoms. The summed E-state index contributed by atoms with van der Waals surface area (Å²) in [6, 6.07) is 5.23. The molecule has 0 atom stereocenters. The molecule has 1 aliphatic rings. The number of halogens is 1. The first-order valence-electron chi connectivity index (χ1n) is 10.4. The average Bonchev–Trinajstić information content (AvgIpc) is 3.46. The molecule has 4 heterocycles.